The van der Waals surface area contributed by atoms with Gasteiger partial charge in [-0.15, -0.1) is 10.2 Å². The number of thioether (sulfide) groups is 1. The number of aromatic nitrogens is 2. The van der Waals surface area contributed by atoms with Crippen LogP contribution in [0.1, 0.15) is 21.5 Å². The van der Waals surface area contributed by atoms with Crippen LogP contribution in [0.5, 0.6) is 5.75 Å². The molecule has 140 valence electrons. The van der Waals surface area contributed by atoms with Gasteiger partial charge >= 0.3 is 6.61 Å². The monoisotopic (exact) mass is 390 g/mol. The lowest BCUT2D eigenvalue weighted by Crippen LogP contribution is -2.04. The molecule has 0 radical (unpaired) electrons. The van der Waals surface area contributed by atoms with Crippen LogP contribution in [0.4, 0.5) is 8.78 Å². The molecule has 0 saturated heterocycles. The first-order valence-electron chi connectivity index (χ1n) is 8.04. The normalized spacial score (nSPS) is 11.0. The highest BCUT2D eigenvalue weighted by atomic mass is 32.2. The Morgan fingerprint density at radius 1 is 1.15 bits per heavy atom. The fourth-order valence-corrected chi connectivity index (χ4v) is 3.14. The minimum Gasteiger partial charge on any atom is -0.435 e. The molecular weight excluding hydrogens is 374 g/mol. The number of rotatable bonds is 7. The van der Waals surface area contributed by atoms with Crippen LogP contribution in [0.3, 0.4) is 0 Å². The summed E-state index contributed by atoms with van der Waals surface area (Å²) in [7, 11) is 0. The van der Waals surface area contributed by atoms with Crippen LogP contribution in [0.15, 0.2) is 52.1 Å². The molecule has 1 heterocycles. The average Bonchev–Trinajstić information content (AvgIpc) is 3.09. The van der Waals surface area contributed by atoms with Crippen molar-refractivity contribution in [3.05, 3.63) is 59.2 Å². The van der Waals surface area contributed by atoms with Crippen LogP contribution in [0, 0.1) is 13.8 Å². The van der Waals surface area contributed by atoms with E-state index in [1.165, 1.54) is 12.1 Å². The fourth-order valence-electron chi connectivity index (χ4n) is 2.50. The number of nitrogens with zero attached hydrogens (tertiary/aromatic N) is 2. The largest absolute Gasteiger partial charge is 0.435 e. The summed E-state index contributed by atoms with van der Waals surface area (Å²) < 4.78 is 34.2. The first-order chi connectivity index (χ1) is 12.9. The number of carbonyl (C=O) groups excluding carboxylic acids is 1. The fraction of sp³-hybridized carbons (Fsp3) is 0.211. The van der Waals surface area contributed by atoms with Crippen molar-refractivity contribution in [3.8, 4) is 17.2 Å². The number of benzene rings is 2. The Labute approximate surface area is 158 Å². The van der Waals surface area contributed by atoms with Gasteiger partial charge in [0.1, 0.15) is 5.75 Å². The van der Waals surface area contributed by atoms with Gasteiger partial charge in [0, 0.05) is 11.1 Å². The minimum absolute atomic E-state index is 0.0225. The number of ketones is 1. The third kappa shape index (κ3) is 4.91. The van der Waals surface area contributed by atoms with Gasteiger partial charge in [-0.3, -0.25) is 4.79 Å². The van der Waals surface area contributed by atoms with Crippen molar-refractivity contribution in [1.29, 1.82) is 0 Å². The highest BCUT2D eigenvalue weighted by molar-refractivity contribution is 7.99. The van der Waals surface area contributed by atoms with E-state index in [0.29, 0.717) is 11.1 Å². The topological polar surface area (TPSA) is 65.2 Å². The summed E-state index contributed by atoms with van der Waals surface area (Å²) in [6.45, 7) is 0.996. The standard InChI is InChI=1S/C19H16F2N2O3S/c1-11-3-8-15(12(2)9-11)16(24)10-27-19-23-22-17(26-19)13-4-6-14(7-5-13)25-18(20)21/h3-9,18H,10H2,1-2H3. The summed E-state index contributed by atoms with van der Waals surface area (Å²) in [5, 5.41) is 8.09. The number of hydrogen-bond donors (Lipinski definition) is 0. The molecule has 0 bridgehead atoms. The van der Waals surface area contributed by atoms with E-state index in [-0.39, 0.29) is 28.4 Å². The van der Waals surface area contributed by atoms with Crippen molar-refractivity contribution in [2.24, 2.45) is 0 Å². The zero-order valence-electron chi connectivity index (χ0n) is 14.6. The molecule has 0 aliphatic heterocycles. The number of carbonyl (C=O) groups is 1. The van der Waals surface area contributed by atoms with Gasteiger partial charge in [-0.05, 0) is 43.7 Å². The summed E-state index contributed by atoms with van der Waals surface area (Å²) in [4.78, 5) is 12.4. The third-order valence-corrected chi connectivity index (χ3v) is 4.56. The summed E-state index contributed by atoms with van der Waals surface area (Å²) in [5.74, 6) is 0.430. The molecule has 0 saturated carbocycles. The minimum atomic E-state index is -2.88. The van der Waals surface area contributed by atoms with Crippen LogP contribution in [-0.2, 0) is 0 Å². The van der Waals surface area contributed by atoms with Crippen molar-refractivity contribution >= 4 is 17.5 Å². The number of Topliss-reactive ketones (excluding diaryl/α,β-unsaturated/α-hetero) is 1. The predicted octanol–water partition coefficient (Wildman–Crippen LogP) is 4.93. The molecule has 1 aromatic heterocycles. The van der Waals surface area contributed by atoms with E-state index in [9.17, 15) is 13.6 Å². The van der Waals surface area contributed by atoms with Crippen LogP contribution in [0.2, 0.25) is 0 Å². The molecule has 0 spiro atoms. The molecule has 0 atom stereocenters. The number of aryl methyl sites for hydroxylation is 2. The van der Waals surface area contributed by atoms with Gasteiger partial charge < -0.3 is 9.15 Å². The smallest absolute Gasteiger partial charge is 0.387 e. The molecule has 3 aromatic rings. The molecule has 8 heteroatoms. The number of halogens is 2. The second kappa shape index (κ2) is 8.30. The van der Waals surface area contributed by atoms with Gasteiger partial charge in [-0.2, -0.15) is 8.78 Å². The van der Waals surface area contributed by atoms with Gasteiger partial charge in [0.25, 0.3) is 5.22 Å². The lowest BCUT2D eigenvalue weighted by atomic mass is 10.0. The Bertz CT molecular complexity index is 942. The number of hydrogen-bond acceptors (Lipinski definition) is 6. The molecule has 5 nitrogen and oxygen atoms in total. The molecule has 0 amide bonds. The lowest BCUT2D eigenvalue weighted by molar-refractivity contribution is -0.0498. The van der Waals surface area contributed by atoms with Gasteiger partial charge in [0.05, 0.1) is 5.75 Å². The Kier molecular flexibility index (Phi) is 5.85. The highest BCUT2D eigenvalue weighted by Gasteiger charge is 2.14. The second-order valence-electron chi connectivity index (χ2n) is 5.81. The van der Waals surface area contributed by atoms with Crippen molar-refractivity contribution < 1.29 is 22.7 Å². The van der Waals surface area contributed by atoms with Crippen LogP contribution in [-0.4, -0.2) is 28.3 Å². The molecule has 3 rings (SSSR count). The van der Waals surface area contributed by atoms with Gasteiger partial charge in [-0.25, -0.2) is 0 Å². The summed E-state index contributed by atoms with van der Waals surface area (Å²) in [6.07, 6.45) is 0. The average molecular weight is 390 g/mol. The Morgan fingerprint density at radius 3 is 2.56 bits per heavy atom. The third-order valence-electron chi connectivity index (χ3n) is 3.74. The summed E-state index contributed by atoms with van der Waals surface area (Å²) in [5.41, 5.74) is 3.26. The summed E-state index contributed by atoms with van der Waals surface area (Å²) >= 11 is 1.15. The molecule has 27 heavy (non-hydrogen) atoms. The SMILES string of the molecule is Cc1ccc(C(=O)CSc2nnc(-c3ccc(OC(F)F)cc3)o2)c(C)c1. The van der Waals surface area contributed by atoms with E-state index in [1.54, 1.807) is 12.1 Å². The second-order valence-corrected chi connectivity index (χ2v) is 6.73. The van der Waals surface area contributed by atoms with Gasteiger partial charge in [0.15, 0.2) is 5.78 Å². The molecule has 0 N–H and O–H groups in total. The van der Waals surface area contributed by atoms with E-state index < -0.39 is 6.61 Å². The van der Waals surface area contributed by atoms with Gasteiger partial charge in [-0.1, -0.05) is 35.5 Å². The maximum atomic E-state index is 12.4. The van der Waals surface area contributed by atoms with E-state index in [0.717, 1.165) is 22.9 Å². The first kappa shape index (κ1) is 19.0. The zero-order chi connectivity index (χ0) is 19.4. The Balaban J connectivity index is 1.63. The van der Waals surface area contributed by atoms with Crippen molar-refractivity contribution in [1.82, 2.24) is 10.2 Å². The first-order valence-corrected chi connectivity index (χ1v) is 9.03. The van der Waals surface area contributed by atoms with Crippen LogP contribution < -0.4 is 4.74 Å². The highest BCUT2D eigenvalue weighted by Crippen LogP contribution is 2.26. The quantitative estimate of drug-likeness (QED) is 0.421. The van der Waals surface area contributed by atoms with Crippen LogP contribution >= 0.6 is 11.8 Å². The zero-order valence-corrected chi connectivity index (χ0v) is 15.4. The predicted molar refractivity (Wildman–Crippen MR) is 97.3 cm³/mol. The number of ether oxygens (including phenoxy) is 1. The number of alkyl halides is 2. The lowest BCUT2D eigenvalue weighted by Gasteiger charge is -2.04. The van der Waals surface area contributed by atoms with Gasteiger partial charge in [0.2, 0.25) is 5.89 Å². The molecule has 0 aliphatic rings. The molecular formula is C19H16F2N2O3S. The maximum absolute atomic E-state index is 12.4. The van der Waals surface area contributed by atoms with E-state index >= 15 is 0 Å². The molecule has 2 aromatic carbocycles. The maximum Gasteiger partial charge on any atom is 0.387 e. The van der Waals surface area contributed by atoms with Crippen LogP contribution in [0.25, 0.3) is 11.5 Å². The van der Waals surface area contributed by atoms with E-state index in [4.69, 9.17) is 4.42 Å². The van der Waals surface area contributed by atoms with Crippen molar-refractivity contribution in [2.45, 2.75) is 25.7 Å². The Morgan fingerprint density at radius 2 is 1.89 bits per heavy atom. The Hall–Kier alpha value is -2.74. The summed E-state index contributed by atoms with van der Waals surface area (Å²) in [6, 6.07) is 11.5. The molecule has 0 unspecified atom stereocenters. The van der Waals surface area contributed by atoms with Crippen molar-refractivity contribution in [2.75, 3.05) is 5.75 Å². The molecule has 0 aliphatic carbocycles. The van der Waals surface area contributed by atoms with Crippen molar-refractivity contribution in [3.63, 3.8) is 0 Å². The van der Waals surface area contributed by atoms with E-state index in [2.05, 4.69) is 14.9 Å². The van der Waals surface area contributed by atoms with E-state index in [1.807, 2.05) is 32.0 Å². The molecule has 0 fully saturated rings.